The summed E-state index contributed by atoms with van der Waals surface area (Å²) in [6.07, 6.45) is 0. The van der Waals surface area contributed by atoms with E-state index in [-0.39, 0.29) is 79.7 Å². The molecule has 0 aromatic heterocycles. The first-order valence-corrected chi connectivity index (χ1v) is 1.63. The average molecular weight is 255 g/mol. The van der Waals surface area contributed by atoms with Crippen molar-refractivity contribution in [1.29, 1.82) is 0 Å². The summed E-state index contributed by atoms with van der Waals surface area (Å²) >= 11 is 4.52. The first kappa shape index (κ1) is 22.5. The molecule has 48 valence electrons. The second-order valence-corrected chi connectivity index (χ2v) is 0.808. The SMILES string of the molecule is NCC(=O)OCl.[AlH3].[NaH].[Zr]. The average Bonchev–Trinajstić information content (AvgIpc) is 1.65. The van der Waals surface area contributed by atoms with Crippen molar-refractivity contribution in [1.82, 2.24) is 0 Å². The first-order valence-electron chi connectivity index (χ1n) is 1.32. The third kappa shape index (κ3) is 17.8. The van der Waals surface area contributed by atoms with Gasteiger partial charge in [0, 0.05) is 26.2 Å². The molecule has 0 unspecified atom stereocenters. The Morgan fingerprint density at radius 2 is 2.00 bits per heavy atom. The van der Waals surface area contributed by atoms with E-state index < -0.39 is 5.97 Å². The van der Waals surface area contributed by atoms with Gasteiger partial charge in [-0.2, -0.15) is 0 Å². The Morgan fingerprint density at radius 1 is 1.67 bits per heavy atom. The minimum Gasteiger partial charge on any atom is 0 e. The molecular formula is C2H8AlClNNaO2Zr. The van der Waals surface area contributed by atoms with Gasteiger partial charge in [-0.25, -0.2) is 4.79 Å². The number of halogens is 1. The summed E-state index contributed by atoms with van der Waals surface area (Å²) in [6.45, 7) is -0.163. The summed E-state index contributed by atoms with van der Waals surface area (Å²) in [5, 5.41) is 0. The van der Waals surface area contributed by atoms with Gasteiger partial charge in [0.2, 0.25) is 0 Å². The number of rotatable bonds is 1. The number of hydrogen-bond acceptors (Lipinski definition) is 3. The Bertz CT molecular complexity index is 62.5. The maximum Gasteiger partial charge on any atom is 0 e. The Hall–Kier alpha value is 2.14. The van der Waals surface area contributed by atoms with E-state index in [2.05, 4.69) is 16.2 Å². The van der Waals surface area contributed by atoms with Crippen LogP contribution < -0.4 is 5.73 Å². The van der Waals surface area contributed by atoms with Crippen LogP contribution in [0.3, 0.4) is 0 Å². The monoisotopic (exact) mass is 253 g/mol. The topological polar surface area (TPSA) is 52.3 Å². The zero-order valence-corrected chi connectivity index (χ0v) is 6.69. The molecule has 0 heterocycles. The van der Waals surface area contributed by atoms with Crippen LogP contribution >= 0.6 is 11.9 Å². The molecule has 0 aliphatic heterocycles. The van der Waals surface area contributed by atoms with E-state index in [1.807, 2.05) is 0 Å². The van der Waals surface area contributed by atoms with Crippen LogP contribution in [0.25, 0.3) is 0 Å². The number of carbonyl (C=O) groups is 1. The van der Waals surface area contributed by atoms with Crippen LogP contribution in [0.15, 0.2) is 0 Å². The molecule has 0 amide bonds. The van der Waals surface area contributed by atoms with E-state index in [1.165, 1.54) is 0 Å². The zero-order valence-electron chi connectivity index (χ0n) is 3.48. The van der Waals surface area contributed by atoms with Crippen molar-refractivity contribution < 1.29 is 35.3 Å². The van der Waals surface area contributed by atoms with Crippen molar-refractivity contribution in [2.75, 3.05) is 6.54 Å². The van der Waals surface area contributed by atoms with E-state index in [1.54, 1.807) is 0 Å². The third-order valence-corrected chi connectivity index (χ3v) is 0.425. The molecule has 7 heteroatoms. The molecule has 0 bridgehead atoms. The summed E-state index contributed by atoms with van der Waals surface area (Å²) < 4.78 is 3.61. The normalized spacial score (nSPS) is 5.11. The Labute approximate surface area is 111 Å². The van der Waals surface area contributed by atoms with Crippen molar-refractivity contribution >= 4 is 64.8 Å². The Balaban J connectivity index is -0.0000000417. The summed E-state index contributed by atoms with van der Waals surface area (Å²) in [7, 11) is 0. The molecule has 0 rings (SSSR count). The number of carbonyl (C=O) groups excluding carboxylic acids is 1. The van der Waals surface area contributed by atoms with Crippen molar-refractivity contribution in [2.24, 2.45) is 5.73 Å². The van der Waals surface area contributed by atoms with E-state index in [4.69, 9.17) is 5.73 Å². The molecule has 3 nitrogen and oxygen atoms in total. The molecule has 2 N–H and O–H groups in total. The van der Waals surface area contributed by atoms with Crippen molar-refractivity contribution in [3.05, 3.63) is 0 Å². The smallest absolute Gasteiger partial charge is 0 e. The zero-order chi connectivity index (χ0) is 4.99. The molecule has 0 aliphatic rings. The summed E-state index contributed by atoms with van der Waals surface area (Å²) in [5.41, 5.74) is 4.72. The van der Waals surface area contributed by atoms with Gasteiger partial charge in [0.05, 0.1) is 6.54 Å². The summed E-state index contributed by atoms with van der Waals surface area (Å²) in [6, 6.07) is 0. The van der Waals surface area contributed by atoms with Crippen LogP contribution in [0.5, 0.6) is 0 Å². The number of nitrogens with two attached hydrogens (primary N) is 1. The molecule has 0 saturated carbocycles. The number of hydrogen-bond donors (Lipinski definition) is 1. The molecule has 0 aromatic carbocycles. The maximum absolute atomic E-state index is 9.70. The largest absolute Gasteiger partial charge is 0 e. The van der Waals surface area contributed by atoms with Gasteiger partial charge < -0.3 is 10.0 Å². The minimum atomic E-state index is -0.614. The quantitative estimate of drug-likeness (QED) is 0.541. The summed E-state index contributed by atoms with van der Waals surface area (Å²) in [5.74, 6) is -0.614. The second kappa shape index (κ2) is 16.6. The Kier molecular flexibility index (Phi) is 41.5. The van der Waals surface area contributed by atoms with Gasteiger partial charge in [-0.05, 0) is 0 Å². The van der Waals surface area contributed by atoms with Crippen LogP contribution in [-0.2, 0) is 35.3 Å². The van der Waals surface area contributed by atoms with Gasteiger partial charge in [0.15, 0.2) is 17.4 Å². The van der Waals surface area contributed by atoms with Crippen molar-refractivity contribution in [3.63, 3.8) is 0 Å². The van der Waals surface area contributed by atoms with Gasteiger partial charge in [-0.1, -0.05) is 0 Å². The van der Waals surface area contributed by atoms with Gasteiger partial charge in [0.1, 0.15) is 11.9 Å². The van der Waals surface area contributed by atoms with Crippen LogP contribution in [0, 0.1) is 0 Å². The van der Waals surface area contributed by atoms with Crippen molar-refractivity contribution in [3.8, 4) is 0 Å². The predicted octanol–water partition coefficient (Wildman–Crippen LogP) is -2.19. The van der Waals surface area contributed by atoms with E-state index >= 15 is 0 Å². The molecule has 9 heavy (non-hydrogen) atoms. The molecular weight excluding hydrogens is 247 g/mol. The Morgan fingerprint density at radius 3 is 2.00 bits per heavy atom. The van der Waals surface area contributed by atoms with E-state index in [9.17, 15) is 4.79 Å². The summed E-state index contributed by atoms with van der Waals surface area (Å²) in [4.78, 5) is 9.70. The van der Waals surface area contributed by atoms with Gasteiger partial charge in [-0.3, -0.25) is 0 Å². The molecule has 0 spiro atoms. The van der Waals surface area contributed by atoms with Crippen LogP contribution in [0.1, 0.15) is 0 Å². The minimum absolute atomic E-state index is 0. The molecule has 0 aliphatic carbocycles. The maximum atomic E-state index is 9.70. The van der Waals surface area contributed by atoms with Crippen LogP contribution in [0.2, 0.25) is 0 Å². The molecule has 0 saturated heterocycles. The molecule has 0 fully saturated rings. The third-order valence-electron chi connectivity index (χ3n) is 0.253. The van der Waals surface area contributed by atoms with E-state index in [0.717, 1.165) is 0 Å². The molecule has 0 atom stereocenters. The van der Waals surface area contributed by atoms with Crippen LogP contribution in [-0.4, -0.2) is 59.4 Å². The fourth-order valence-corrected chi connectivity index (χ4v) is 0.0945. The van der Waals surface area contributed by atoms with Gasteiger partial charge in [-0.15, -0.1) is 0 Å². The fourth-order valence-electron chi connectivity index (χ4n) is 0.0315. The van der Waals surface area contributed by atoms with E-state index in [0.29, 0.717) is 0 Å². The van der Waals surface area contributed by atoms with Gasteiger partial charge in [0.25, 0.3) is 0 Å². The first-order chi connectivity index (χ1) is 2.81. The second-order valence-electron chi connectivity index (χ2n) is 0.653. The molecule has 0 aromatic rings. The molecule has 0 radical (unpaired) electrons. The fraction of sp³-hybridized carbons (Fsp3) is 0.500. The predicted molar refractivity (Wildman–Crippen MR) is 38.1 cm³/mol. The standard InChI is InChI=1S/C2H4ClNO2.Al.Na.Zr.4H/c3-6-2(5)1-4;;;;;;;/h1,4H2;;;;;;;. The van der Waals surface area contributed by atoms with Crippen LogP contribution in [0.4, 0.5) is 0 Å². The van der Waals surface area contributed by atoms with Gasteiger partial charge >= 0.3 is 35.5 Å². The van der Waals surface area contributed by atoms with Crippen molar-refractivity contribution in [2.45, 2.75) is 0 Å².